The van der Waals surface area contributed by atoms with Crippen molar-refractivity contribution in [3.63, 3.8) is 0 Å². The lowest BCUT2D eigenvalue weighted by atomic mass is 10.0. The quantitative estimate of drug-likeness (QED) is 0.202. The van der Waals surface area contributed by atoms with Crippen LogP contribution in [-0.2, 0) is 4.79 Å². The van der Waals surface area contributed by atoms with Gasteiger partial charge in [-0.3, -0.25) is 9.20 Å². The van der Waals surface area contributed by atoms with Crippen molar-refractivity contribution in [2.75, 3.05) is 63.0 Å². The first-order valence-corrected chi connectivity index (χ1v) is 14.6. The summed E-state index contributed by atoms with van der Waals surface area (Å²) >= 11 is 13.5. The molecule has 0 radical (unpaired) electrons. The Balaban J connectivity index is 1.41. The number of pyridine rings is 2. The molecule has 2 N–H and O–H groups in total. The summed E-state index contributed by atoms with van der Waals surface area (Å²) in [7, 11) is 5.17. The molecular weight excluding hydrogens is 603 g/mol. The first-order chi connectivity index (χ1) is 21.3. The van der Waals surface area contributed by atoms with E-state index in [1.54, 1.807) is 18.6 Å². The van der Waals surface area contributed by atoms with Crippen molar-refractivity contribution in [1.29, 1.82) is 0 Å². The maximum Gasteiger partial charge on any atom is 0.247 e. The second-order valence-electron chi connectivity index (χ2n) is 10.3. The van der Waals surface area contributed by atoms with Gasteiger partial charge in [0.25, 0.3) is 0 Å². The molecule has 0 saturated carbocycles. The standard InChI is InChI=1S/C31H30Cl2N8O3/c1-5-27(42)37-22-13-19(40-10-8-39(2)9-11-40)6-7-21(22)36-26-14-23-18(16-34-26)12-20(31-38-35-17-41(23)31)28-29(32)24(43-3)15-25(44-4)30(28)33/h5-7,12-17H,1,8-11H2,2-4H3,(H,34,36)(H,37,42). The van der Waals surface area contributed by atoms with Crippen molar-refractivity contribution in [3.05, 3.63) is 71.6 Å². The molecule has 1 aliphatic heterocycles. The van der Waals surface area contributed by atoms with Gasteiger partial charge in [0.05, 0.1) is 41.2 Å². The van der Waals surface area contributed by atoms with Crippen LogP contribution in [0.2, 0.25) is 10.0 Å². The van der Waals surface area contributed by atoms with E-state index in [9.17, 15) is 4.79 Å². The lowest BCUT2D eigenvalue weighted by molar-refractivity contribution is -0.111. The van der Waals surface area contributed by atoms with Crippen LogP contribution in [-0.4, -0.2) is 77.8 Å². The van der Waals surface area contributed by atoms with Crippen molar-refractivity contribution >= 4 is 68.5 Å². The van der Waals surface area contributed by atoms with Crippen molar-refractivity contribution in [2.45, 2.75) is 0 Å². The Hall–Kier alpha value is -4.58. The Morgan fingerprint density at radius 1 is 1.00 bits per heavy atom. The largest absolute Gasteiger partial charge is 0.495 e. The number of benzene rings is 2. The third-order valence-electron chi connectivity index (χ3n) is 7.68. The third-order valence-corrected chi connectivity index (χ3v) is 8.43. The Morgan fingerprint density at radius 2 is 1.73 bits per heavy atom. The summed E-state index contributed by atoms with van der Waals surface area (Å²) in [6, 6.07) is 11.4. The molecule has 13 heteroatoms. The van der Waals surface area contributed by atoms with Crippen molar-refractivity contribution < 1.29 is 14.3 Å². The minimum absolute atomic E-state index is 0.305. The molecule has 4 heterocycles. The number of halogens is 2. The molecule has 2 aromatic carbocycles. The molecule has 11 nitrogen and oxygen atoms in total. The van der Waals surface area contributed by atoms with Gasteiger partial charge in [0.2, 0.25) is 5.91 Å². The van der Waals surface area contributed by atoms with Gasteiger partial charge in [-0.15, -0.1) is 10.2 Å². The number of hydrogen-bond acceptors (Lipinski definition) is 9. The van der Waals surface area contributed by atoms with E-state index in [4.69, 9.17) is 32.7 Å². The zero-order valence-corrected chi connectivity index (χ0v) is 25.9. The van der Waals surface area contributed by atoms with E-state index in [1.807, 2.05) is 34.7 Å². The number of fused-ring (bicyclic) bond motifs is 3. The van der Waals surface area contributed by atoms with Crippen molar-refractivity contribution in [2.24, 2.45) is 0 Å². The van der Waals surface area contributed by atoms with Gasteiger partial charge < -0.3 is 29.9 Å². The molecule has 1 fully saturated rings. The number of carbonyl (C=O) groups excluding carboxylic acids is 1. The normalized spacial score (nSPS) is 13.7. The number of aromatic nitrogens is 4. The molecule has 5 aromatic rings. The molecule has 1 saturated heterocycles. The lowest BCUT2D eigenvalue weighted by Crippen LogP contribution is -2.44. The average molecular weight is 634 g/mol. The van der Waals surface area contributed by atoms with E-state index < -0.39 is 0 Å². The molecule has 0 aliphatic carbocycles. The molecule has 0 atom stereocenters. The smallest absolute Gasteiger partial charge is 0.247 e. The van der Waals surface area contributed by atoms with E-state index in [1.165, 1.54) is 20.3 Å². The number of amides is 1. The van der Waals surface area contributed by atoms with Gasteiger partial charge in [0, 0.05) is 66.7 Å². The number of piperazine rings is 1. The predicted molar refractivity (Wildman–Crippen MR) is 175 cm³/mol. The molecule has 0 bridgehead atoms. The maximum absolute atomic E-state index is 12.3. The van der Waals surface area contributed by atoms with Crippen molar-refractivity contribution in [3.8, 4) is 22.6 Å². The predicted octanol–water partition coefficient (Wildman–Crippen LogP) is 5.89. The monoisotopic (exact) mass is 632 g/mol. The number of hydrogen-bond donors (Lipinski definition) is 2. The number of anilines is 4. The fourth-order valence-corrected chi connectivity index (χ4v) is 6.00. The molecule has 1 amide bonds. The molecule has 6 rings (SSSR count). The fourth-order valence-electron chi connectivity index (χ4n) is 5.29. The first kappa shape index (κ1) is 29.5. The molecule has 0 unspecified atom stereocenters. The highest BCUT2D eigenvalue weighted by Crippen LogP contribution is 2.47. The number of rotatable bonds is 8. The summed E-state index contributed by atoms with van der Waals surface area (Å²) in [5.74, 6) is 1.08. The third kappa shape index (κ3) is 5.45. The summed E-state index contributed by atoms with van der Waals surface area (Å²) in [5.41, 5.74) is 4.80. The maximum atomic E-state index is 12.3. The Morgan fingerprint density at radius 3 is 2.41 bits per heavy atom. The Kier molecular flexibility index (Phi) is 8.17. The minimum atomic E-state index is -0.305. The molecule has 0 spiro atoms. The molecule has 44 heavy (non-hydrogen) atoms. The average Bonchev–Trinajstić information content (AvgIpc) is 3.53. The van der Waals surface area contributed by atoms with Crippen LogP contribution in [0.25, 0.3) is 27.7 Å². The summed E-state index contributed by atoms with van der Waals surface area (Å²) < 4.78 is 12.8. The van der Waals surface area contributed by atoms with Crippen LogP contribution in [0, 0.1) is 0 Å². The van der Waals surface area contributed by atoms with Gasteiger partial charge in [-0.25, -0.2) is 4.98 Å². The van der Waals surface area contributed by atoms with Crippen LogP contribution >= 0.6 is 23.2 Å². The minimum Gasteiger partial charge on any atom is -0.495 e. The molecular formula is C31H30Cl2N8O3. The van der Waals surface area contributed by atoms with Gasteiger partial charge >= 0.3 is 0 Å². The SMILES string of the molecule is C=CC(=O)Nc1cc(N2CCN(C)CC2)ccc1Nc1cc2c(cn1)cc(-c1c(Cl)c(OC)cc(OC)c1Cl)c1nncn12. The van der Waals surface area contributed by atoms with E-state index in [-0.39, 0.29) is 5.91 Å². The zero-order chi connectivity index (χ0) is 31.0. The topological polar surface area (TPSA) is 109 Å². The number of nitrogens with one attached hydrogen (secondary N) is 2. The van der Waals surface area contributed by atoms with Gasteiger partial charge in [-0.2, -0.15) is 0 Å². The number of likely N-dealkylation sites (N-methyl/N-ethyl adjacent to an activating group) is 1. The summed E-state index contributed by atoms with van der Waals surface area (Å²) in [6.07, 6.45) is 4.60. The van der Waals surface area contributed by atoms with E-state index in [0.29, 0.717) is 55.5 Å². The van der Waals surface area contributed by atoms with E-state index in [0.717, 1.165) is 42.8 Å². The fraction of sp³-hybridized carbons (Fsp3) is 0.226. The number of methoxy groups -OCH3 is 2. The number of ether oxygens (including phenoxy) is 2. The zero-order valence-electron chi connectivity index (χ0n) is 24.4. The van der Waals surface area contributed by atoms with Crippen LogP contribution in [0.3, 0.4) is 0 Å². The van der Waals surface area contributed by atoms with Crippen molar-refractivity contribution in [1.82, 2.24) is 24.5 Å². The summed E-state index contributed by atoms with van der Waals surface area (Å²) in [6.45, 7) is 7.35. The van der Waals surface area contributed by atoms with E-state index in [2.05, 4.69) is 49.2 Å². The van der Waals surface area contributed by atoms with Gasteiger partial charge in [0.15, 0.2) is 5.65 Å². The van der Waals surface area contributed by atoms with Crippen LogP contribution < -0.4 is 25.0 Å². The second-order valence-corrected chi connectivity index (χ2v) is 11.1. The molecule has 3 aromatic heterocycles. The summed E-state index contributed by atoms with van der Waals surface area (Å²) in [4.78, 5) is 21.6. The highest BCUT2D eigenvalue weighted by atomic mass is 35.5. The number of carbonyl (C=O) groups is 1. The summed E-state index contributed by atoms with van der Waals surface area (Å²) in [5, 5.41) is 16.3. The van der Waals surface area contributed by atoms with Crippen LogP contribution in [0.5, 0.6) is 11.5 Å². The number of nitrogens with zero attached hydrogens (tertiary/aromatic N) is 6. The van der Waals surface area contributed by atoms with Gasteiger partial charge in [-0.05, 0) is 37.4 Å². The Labute approximate surface area is 264 Å². The second kappa shape index (κ2) is 12.2. The van der Waals surface area contributed by atoms with E-state index >= 15 is 0 Å². The van der Waals surface area contributed by atoms with Gasteiger partial charge in [0.1, 0.15) is 23.6 Å². The lowest BCUT2D eigenvalue weighted by Gasteiger charge is -2.34. The van der Waals surface area contributed by atoms with Crippen LogP contribution in [0.4, 0.5) is 22.9 Å². The Bertz CT molecular complexity index is 1870. The highest BCUT2D eigenvalue weighted by molar-refractivity contribution is 6.41. The van der Waals surface area contributed by atoms with Crippen LogP contribution in [0.1, 0.15) is 0 Å². The molecule has 1 aliphatic rings. The van der Waals surface area contributed by atoms with Crippen LogP contribution in [0.15, 0.2) is 61.6 Å². The highest BCUT2D eigenvalue weighted by Gasteiger charge is 2.23. The molecule has 226 valence electrons. The van der Waals surface area contributed by atoms with Gasteiger partial charge in [-0.1, -0.05) is 29.8 Å². The first-order valence-electron chi connectivity index (χ1n) is 13.8.